The number of carbonyl (C=O) groups excluding carboxylic acids is 1. The number of aromatic nitrogens is 3. The number of hydrogen-bond acceptors (Lipinski definition) is 5. The molecule has 2 aromatic heterocycles. The summed E-state index contributed by atoms with van der Waals surface area (Å²) in [7, 11) is 4.18. The maximum absolute atomic E-state index is 13.9. The minimum Gasteiger partial charge on any atom is -0.368 e. The number of nitrogens with zero attached hydrogens (tertiary/aromatic N) is 5. The van der Waals surface area contributed by atoms with Crippen LogP contribution >= 0.6 is 0 Å². The van der Waals surface area contributed by atoms with Gasteiger partial charge in [-0.1, -0.05) is 12.1 Å². The van der Waals surface area contributed by atoms with Crippen molar-refractivity contribution >= 4 is 22.5 Å². The molecule has 4 heterocycles. The van der Waals surface area contributed by atoms with E-state index in [4.69, 9.17) is 0 Å². The fraction of sp³-hybridized carbons (Fsp3) is 0.387. The minimum absolute atomic E-state index is 0.00257. The van der Waals surface area contributed by atoms with Crippen molar-refractivity contribution in [1.29, 1.82) is 0 Å². The van der Waals surface area contributed by atoms with Crippen LogP contribution in [0.25, 0.3) is 22.0 Å². The van der Waals surface area contributed by atoms with Crippen molar-refractivity contribution in [2.45, 2.75) is 50.2 Å². The molecule has 2 bridgehead atoms. The van der Waals surface area contributed by atoms with Crippen LogP contribution in [0.1, 0.15) is 47.2 Å². The first-order valence-corrected chi connectivity index (χ1v) is 13.7. The van der Waals surface area contributed by atoms with E-state index in [1.165, 1.54) is 12.8 Å². The van der Waals surface area contributed by atoms with Crippen LogP contribution in [-0.4, -0.2) is 57.8 Å². The first-order chi connectivity index (χ1) is 18.4. The molecule has 2 aliphatic heterocycles. The summed E-state index contributed by atoms with van der Waals surface area (Å²) in [5.41, 5.74) is 6.75. The van der Waals surface area contributed by atoms with Gasteiger partial charge in [-0.3, -0.25) is 19.4 Å². The zero-order valence-corrected chi connectivity index (χ0v) is 22.3. The van der Waals surface area contributed by atoms with Crippen molar-refractivity contribution < 1.29 is 4.79 Å². The summed E-state index contributed by atoms with van der Waals surface area (Å²) in [4.78, 5) is 23.5. The molecule has 7 nitrogen and oxygen atoms in total. The van der Waals surface area contributed by atoms with Gasteiger partial charge in [0.25, 0.3) is 5.91 Å². The van der Waals surface area contributed by atoms with Crippen molar-refractivity contribution in [3.05, 3.63) is 77.7 Å². The molecule has 7 heteroatoms. The van der Waals surface area contributed by atoms with Crippen LogP contribution < -0.4 is 10.2 Å². The quantitative estimate of drug-likeness (QED) is 0.427. The number of carbonyl (C=O) groups is 1. The Morgan fingerprint density at radius 3 is 2.53 bits per heavy atom. The van der Waals surface area contributed by atoms with Gasteiger partial charge in [0.05, 0.1) is 17.3 Å². The molecule has 3 fully saturated rings. The lowest BCUT2D eigenvalue weighted by Crippen LogP contribution is -2.52. The van der Waals surface area contributed by atoms with Gasteiger partial charge in [-0.05, 0) is 86.7 Å². The average molecular weight is 507 g/mol. The summed E-state index contributed by atoms with van der Waals surface area (Å²) in [6, 6.07) is 16.0. The molecular weight excluding hydrogens is 472 g/mol. The standard InChI is InChI=1S/C31H34N6O/c1-20-6-7-23(37-18-24-8-9-25(19-37)36(24)3)15-27(20)30(38)34-31(10-11-31)28-13-21(22-16-33-35(2)17-22)14-29-26(28)5-4-12-32-29/h4-7,12-17,24-25H,8-11,18-19H2,1-3H3,(H,34,38). The fourth-order valence-electron chi connectivity index (χ4n) is 6.56. The number of likely N-dealkylation sites (N-methyl/N-ethyl adjacent to an activating group) is 1. The molecular formula is C31H34N6O. The highest BCUT2D eigenvalue weighted by Crippen LogP contribution is 2.49. The lowest BCUT2D eigenvalue weighted by atomic mass is 9.94. The van der Waals surface area contributed by atoms with Crippen LogP contribution in [0.5, 0.6) is 0 Å². The molecule has 7 rings (SSSR count). The predicted octanol–water partition coefficient (Wildman–Crippen LogP) is 4.65. The van der Waals surface area contributed by atoms with E-state index in [2.05, 4.69) is 68.6 Å². The Kier molecular flexibility index (Phi) is 5.34. The Hall–Kier alpha value is -3.71. The van der Waals surface area contributed by atoms with Gasteiger partial charge >= 0.3 is 0 Å². The summed E-state index contributed by atoms with van der Waals surface area (Å²) < 4.78 is 1.81. The number of anilines is 1. The van der Waals surface area contributed by atoms with Crippen molar-refractivity contribution in [2.24, 2.45) is 7.05 Å². The summed E-state index contributed by atoms with van der Waals surface area (Å²) in [6.07, 6.45) is 10.1. The van der Waals surface area contributed by atoms with Crippen molar-refractivity contribution in [1.82, 2.24) is 25.0 Å². The molecule has 1 N–H and O–H groups in total. The Bertz CT molecular complexity index is 1540. The third-order valence-corrected chi connectivity index (χ3v) is 9.06. The van der Waals surface area contributed by atoms with Gasteiger partial charge < -0.3 is 10.2 Å². The molecule has 1 amide bonds. The molecule has 4 aromatic rings. The third kappa shape index (κ3) is 3.88. The van der Waals surface area contributed by atoms with E-state index in [9.17, 15) is 4.79 Å². The van der Waals surface area contributed by atoms with Crippen molar-refractivity contribution in [3.8, 4) is 11.1 Å². The molecule has 194 valence electrons. The van der Waals surface area contributed by atoms with E-state index in [0.29, 0.717) is 12.1 Å². The normalized spacial score (nSPS) is 22.1. The molecule has 0 spiro atoms. The molecule has 1 saturated carbocycles. The number of hydrogen-bond donors (Lipinski definition) is 1. The molecule has 2 atom stereocenters. The monoisotopic (exact) mass is 506 g/mol. The molecule has 0 radical (unpaired) electrons. The largest absolute Gasteiger partial charge is 0.368 e. The number of fused-ring (bicyclic) bond motifs is 3. The van der Waals surface area contributed by atoms with Gasteiger partial charge in [0.2, 0.25) is 0 Å². The van der Waals surface area contributed by atoms with E-state index in [0.717, 1.165) is 70.3 Å². The fourth-order valence-corrected chi connectivity index (χ4v) is 6.56. The highest BCUT2D eigenvalue weighted by molar-refractivity contribution is 5.98. The summed E-state index contributed by atoms with van der Waals surface area (Å²) in [5, 5.41) is 8.93. The topological polar surface area (TPSA) is 66.3 Å². The maximum Gasteiger partial charge on any atom is 0.252 e. The van der Waals surface area contributed by atoms with Gasteiger partial charge in [0.1, 0.15) is 0 Å². The van der Waals surface area contributed by atoms with Crippen LogP contribution in [0, 0.1) is 6.92 Å². The summed E-state index contributed by atoms with van der Waals surface area (Å²) in [6.45, 7) is 4.09. The van der Waals surface area contributed by atoms with Gasteiger partial charge in [0.15, 0.2) is 0 Å². The van der Waals surface area contributed by atoms with E-state index in [-0.39, 0.29) is 11.4 Å². The van der Waals surface area contributed by atoms with Crippen LogP contribution in [0.4, 0.5) is 5.69 Å². The molecule has 3 aliphatic rings. The highest BCUT2D eigenvalue weighted by Gasteiger charge is 2.47. The Morgan fingerprint density at radius 2 is 1.82 bits per heavy atom. The SMILES string of the molecule is Cc1ccc(N2CC3CCC(C2)N3C)cc1C(=O)NC1(c2cc(-c3cnn(C)c3)cc3ncccc23)CC1. The molecule has 2 unspecified atom stereocenters. The Labute approximate surface area is 223 Å². The first kappa shape index (κ1) is 23.4. The van der Waals surface area contributed by atoms with E-state index < -0.39 is 0 Å². The molecule has 1 aliphatic carbocycles. The molecule has 2 saturated heterocycles. The first-order valence-electron chi connectivity index (χ1n) is 13.7. The third-order valence-electron chi connectivity index (χ3n) is 9.06. The van der Waals surface area contributed by atoms with Gasteiger partial charge in [0, 0.05) is 66.8 Å². The second-order valence-electron chi connectivity index (χ2n) is 11.5. The zero-order chi connectivity index (χ0) is 26.0. The Balaban J connectivity index is 1.21. The zero-order valence-electron chi connectivity index (χ0n) is 22.3. The van der Waals surface area contributed by atoms with Crippen LogP contribution in [-0.2, 0) is 12.6 Å². The maximum atomic E-state index is 13.9. The molecule has 2 aromatic carbocycles. The van der Waals surface area contributed by atoms with Crippen molar-refractivity contribution in [3.63, 3.8) is 0 Å². The van der Waals surface area contributed by atoms with Crippen LogP contribution in [0.15, 0.2) is 61.1 Å². The van der Waals surface area contributed by atoms with Crippen LogP contribution in [0.2, 0.25) is 0 Å². The Morgan fingerprint density at radius 1 is 1.03 bits per heavy atom. The number of aryl methyl sites for hydroxylation is 2. The number of amides is 1. The number of piperazine rings is 1. The van der Waals surface area contributed by atoms with Crippen molar-refractivity contribution in [2.75, 3.05) is 25.0 Å². The number of nitrogens with one attached hydrogen (secondary N) is 1. The summed E-state index contributed by atoms with van der Waals surface area (Å²) >= 11 is 0. The highest BCUT2D eigenvalue weighted by atomic mass is 16.1. The number of pyridine rings is 1. The smallest absolute Gasteiger partial charge is 0.252 e. The number of benzene rings is 2. The predicted molar refractivity (Wildman–Crippen MR) is 150 cm³/mol. The van der Waals surface area contributed by atoms with Crippen LogP contribution in [0.3, 0.4) is 0 Å². The van der Waals surface area contributed by atoms with E-state index >= 15 is 0 Å². The van der Waals surface area contributed by atoms with E-state index in [1.54, 1.807) is 0 Å². The van der Waals surface area contributed by atoms with E-state index in [1.807, 2.05) is 43.3 Å². The molecule has 38 heavy (non-hydrogen) atoms. The number of rotatable bonds is 5. The lowest BCUT2D eigenvalue weighted by Gasteiger charge is -2.40. The van der Waals surface area contributed by atoms with Gasteiger partial charge in [-0.25, -0.2) is 0 Å². The lowest BCUT2D eigenvalue weighted by molar-refractivity contribution is 0.0930. The van der Waals surface area contributed by atoms with Gasteiger partial charge in [-0.2, -0.15) is 5.10 Å². The van der Waals surface area contributed by atoms with Gasteiger partial charge in [-0.15, -0.1) is 0 Å². The minimum atomic E-state index is -0.383. The second kappa shape index (κ2) is 8.67. The summed E-state index contributed by atoms with van der Waals surface area (Å²) in [5.74, 6) is 0.00257. The average Bonchev–Trinajstić information content (AvgIpc) is 3.53. The second-order valence-corrected chi connectivity index (χ2v) is 11.5.